The van der Waals surface area contributed by atoms with Crippen molar-refractivity contribution in [2.45, 2.75) is 48.7 Å². The highest BCUT2D eigenvalue weighted by Gasteiger charge is 2.35. The standard InChI is InChI=1S/C13H16N4O2S/c14-7-11-3-4-13(8-15-11)20(18,19)17-12-5-9-1-2-10(6-12)16-9/h3-4,8-10,12,16-17H,1-2,5-6H2. The molecule has 106 valence electrons. The summed E-state index contributed by atoms with van der Waals surface area (Å²) in [4.78, 5) is 3.92. The molecule has 0 saturated carbocycles. The number of sulfonamides is 1. The number of fused-ring (bicyclic) bond motifs is 2. The molecule has 3 heterocycles. The fourth-order valence-electron chi connectivity index (χ4n) is 3.05. The number of nitrogens with one attached hydrogen (secondary N) is 2. The van der Waals surface area contributed by atoms with E-state index in [0.29, 0.717) is 12.1 Å². The highest BCUT2D eigenvalue weighted by molar-refractivity contribution is 7.89. The first kappa shape index (κ1) is 13.5. The van der Waals surface area contributed by atoms with Crippen molar-refractivity contribution in [3.63, 3.8) is 0 Å². The summed E-state index contributed by atoms with van der Waals surface area (Å²) in [6.07, 6.45) is 5.15. The molecule has 2 aliphatic rings. The summed E-state index contributed by atoms with van der Waals surface area (Å²) in [5.74, 6) is 0. The Labute approximate surface area is 118 Å². The number of rotatable bonds is 3. The van der Waals surface area contributed by atoms with Crippen LogP contribution in [0, 0.1) is 11.3 Å². The first-order chi connectivity index (χ1) is 9.56. The lowest BCUT2D eigenvalue weighted by Crippen LogP contribution is -2.47. The van der Waals surface area contributed by atoms with E-state index < -0.39 is 10.0 Å². The van der Waals surface area contributed by atoms with Gasteiger partial charge in [0, 0.05) is 24.3 Å². The Morgan fingerprint density at radius 1 is 1.30 bits per heavy atom. The molecule has 7 heteroatoms. The van der Waals surface area contributed by atoms with Gasteiger partial charge in [-0.25, -0.2) is 18.1 Å². The molecule has 2 saturated heterocycles. The summed E-state index contributed by atoms with van der Waals surface area (Å²) in [7, 11) is -3.55. The average Bonchev–Trinajstić information content (AvgIpc) is 2.77. The van der Waals surface area contributed by atoms with Crippen LogP contribution < -0.4 is 10.0 Å². The Balaban J connectivity index is 1.73. The van der Waals surface area contributed by atoms with Gasteiger partial charge in [0.25, 0.3) is 0 Å². The zero-order valence-corrected chi connectivity index (χ0v) is 11.7. The van der Waals surface area contributed by atoms with Crippen LogP contribution in [0.2, 0.25) is 0 Å². The lowest BCUT2D eigenvalue weighted by atomic mass is 10.0. The first-order valence-electron chi connectivity index (χ1n) is 6.71. The predicted octanol–water partition coefficient (Wildman–Crippen LogP) is 0.515. The molecule has 3 rings (SSSR count). The minimum absolute atomic E-state index is 0.0191. The lowest BCUT2D eigenvalue weighted by molar-refractivity contribution is 0.345. The zero-order chi connectivity index (χ0) is 14.2. The maximum Gasteiger partial charge on any atom is 0.242 e. The van der Waals surface area contributed by atoms with Gasteiger partial charge in [-0.1, -0.05) is 0 Å². The third-order valence-corrected chi connectivity index (χ3v) is 5.46. The largest absolute Gasteiger partial charge is 0.311 e. The van der Waals surface area contributed by atoms with E-state index in [0.717, 1.165) is 25.7 Å². The Kier molecular flexibility index (Phi) is 3.46. The molecule has 2 fully saturated rings. The molecular formula is C13H16N4O2S. The first-order valence-corrected chi connectivity index (χ1v) is 8.20. The molecule has 2 aliphatic heterocycles. The molecule has 0 radical (unpaired) electrons. The number of nitrogens with zero attached hydrogens (tertiary/aromatic N) is 2. The van der Waals surface area contributed by atoms with Gasteiger partial charge in [0.15, 0.2) is 0 Å². The number of hydrogen-bond acceptors (Lipinski definition) is 5. The molecular weight excluding hydrogens is 276 g/mol. The normalized spacial score (nSPS) is 29.1. The van der Waals surface area contributed by atoms with Crippen molar-refractivity contribution in [2.24, 2.45) is 0 Å². The second-order valence-electron chi connectivity index (χ2n) is 5.42. The third kappa shape index (κ3) is 2.68. The van der Waals surface area contributed by atoms with Gasteiger partial charge in [-0.05, 0) is 37.8 Å². The van der Waals surface area contributed by atoms with Crippen LogP contribution in [0.25, 0.3) is 0 Å². The van der Waals surface area contributed by atoms with Crippen LogP contribution in [0.5, 0.6) is 0 Å². The van der Waals surface area contributed by atoms with E-state index in [2.05, 4.69) is 15.0 Å². The van der Waals surface area contributed by atoms with Crippen molar-refractivity contribution >= 4 is 10.0 Å². The number of pyridine rings is 1. The molecule has 6 nitrogen and oxygen atoms in total. The van der Waals surface area contributed by atoms with Gasteiger partial charge in [-0.3, -0.25) is 0 Å². The van der Waals surface area contributed by atoms with Crippen LogP contribution in [-0.2, 0) is 10.0 Å². The zero-order valence-electron chi connectivity index (χ0n) is 10.9. The van der Waals surface area contributed by atoms with E-state index in [-0.39, 0.29) is 16.6 Å². The number of aromatic nitrogens is 1. The van der Waals surface area contributed by atoms with Crippen LogP contribution in [-0.4, -0.2) is 31.5 Å². The summed E-state index contributed by atoms with van der Waals surface area (Å²) in [6.45, 7) is 0. The Bertz CT molecular complexity index is 623. The second-order valence-corrected chi connectivity index (χ2v) is 7.13. The van der Waals surface area contributed by atoms with Gasteiger partial charge in [0.05, 0.1) is 0 Å². The molecule has 20 heavy (non-hydrogen) atoms. The minimum atomic E-state index is -3.55. The van der Waals surface area contributed by atoms with Crippen LogP contribution in [0.4, 0.5) is 0 Å². The van der Waals surface area contributed by atoms with Gasteiger partial charge in [0.2, 0.25) is 10.0 Å². The topological polar surface area (TPSA) is 94.9 Å². The Morgan fingerprint density at radius 2 is 2.00 bits per heavy atom. The average molecular weight is 292 g/mol. The Morgan fingerprint density at radius 3 is 2.55 bits per heavy atom. The fourth-order valence-corrected chi connectivity index (χ4v) is 4.25. The molecule has 2 N–H and O–H groups in total. The van der Waals surface area contributed by atoms with E-state index in [1.54, 1.807) is 0 Å². The minimum Gasteiger partial charge on any atom is -0.311 e. The summed E-state index contributed by atoms with van der Waals surface area (Å²) < 4.78 is 27.3. The maximum atomic E-state index is 12.3. The molecule has 1 aromatic heterocycles. The summed E-state index contributed by atoms with van der Waals surface area (Å²) in [5.41, 5.74) is 0.212. The SMILES string of the molecule is N#Cc1ccc(S(=O)(=O)NC2CC3CCC(C2)N3)cn1. The van der Waals surface area contributed by atoms with Gasteiger partial charge in [-0.2, -0.15) is 5.26 Å². The van der Waals surface area contributed by atoms with Crippen molar-refractivity contribution in [3.8, 4) is 6.07 Å². The molecule has 2 unspecified atom stereocenters. The smallest absolute Gasteiger partial charge is 0.242 e. The molecule has 2 atom stereocenters. The Hall–Kier alpha value is -1.49. The quantitative estimate of drug-likeness (QED) is 0.846. The fraction of sp³-hybridized carbons (Fsp3) is 0.538. The second kappa shape index (κ2) is 5.13. The summed E-state index contributed by atoms with van der Waals surface area (Å²) in [5, 5.41) is 12.2. The van der Waals surface area contributed by atoms with Crippen LogP contribution >= 0.6 is 0 Å². The number of hydrogen-bond donors (Lipinski definition) is 2. The number of nitriles is 1. The van der Waals surface area contributed by atoms with E-state index in [9.17, 15) is 8.42 Å². The molecule has 2 bridgehead atoms. The summed E-state index contributed by atoms with van der Waals surface area (Å²) >= 11 is 0. The van der Waals surface area contributed by atoms with Gasteiger partial charge in [0.1, 0.15) is 16.7 Å². The van der Waals surface area contributed by atoms with E-state index in [1.165, 1.54) is 18.3 Å². The van der Waals surface area contributed by atoms with Gasteiger partial charge < -0.3 is 5.32 Å². The third-order valence-electron chi connectivity index (χ3n) is 3.96. The highest BCUT2D eigenvalue weighted by atomic mass is 32.2. The van der Waals surface area contributed by atoms with Crippen molar-refractivity contribution in [3.05, 3.63) is 24.0 Å². The molecule has 0 spiro atoms. The molecule has 0 aromatic carbocycles. The lowest BCUT2D eigenvalue weighted by Gasteiger charge is -2.29. The summed E-state index contributed by atoms with van der Waals surface area (Å²) in [6, 6.07) is 5.55. The van der Waals surface area contributed by atoms with E-state index in [4.69, 9.17) is 5.26 Å². The van der Waals surface area contributed by atoms with Gasteiger partial charge in [-0.15, -0.1) is 0 Å². The van der Waals surface area contributed by atoms with Crippen LogP contribution in [0.15, 0.2) is 23.2 Å². The van der Waals surface area contributed by atoms with E-state index >= 15 is 0 Å². The number of piperidine rings is 1. The monoisotopic (exact) mass is 292 g/mol. The van der Waals surface area contributed by atoms with Gasteiger partial charge >= 0.3 is 0 Å². The molecule has 0 aliphatic carbocycles. The van der Waals surface area contributed by atoms with Crippen LogP contribution in [0.1, 0.15) is 31.4 Å². The van der Waals surface area contributed by atoms with Crippen LogP contribution in [0.3, 0.4) is 0 Å². The van der Waals surface area contributed by atoms with Crippen molar-refractivity contribution in [1.29, 1.82) is 5.26 Å². The highest BCUT2D eigenvalue weighted by Crippen LogP contribution is 2.27. The molecule has 1 aromatic rings. The maximum absolute atomic E-state index is 12.3. The van der Waals surface area contributed by atoms with Crippen molar-refractivity contribution < 1.29 is 8.42 Å². The van der Waals surface area contributed by atoms with Crippen molar-refractivity contribution in [1.82, 2.24) is 15.0 Å². The van der Waals surface area contributed by atoms with Crippen molar-refractivity contribution in [2.75, 3.05) is 0 Å². The predicted molar refractivity (Wildman–Crippen MR) is 72.2 cm³/mol. The molecule has 0 amide bonds. The van der Waals surface area contributed by atoms with E-state index in [1.807, 2.05) is 6.07 Å².